The normalized spacial score (nSPS) is 10.9. The van der Waals surface area contributed by atoms with Crippen LogP contribution >= 0.6 is 0 Å². The fraction of sp³-hybridized carbons (Fsp3) is 0.174. The van der Waals surface area contributed by atoms with E-state index in [0.29, 0.717) is 11.8 Å². The third-order valence-electron chi connectivity index (χ3n) is 4.95. The molecule has 30 heavy (non-hydrogen) atoms. The number of carbonyl (C=O) groups excluding carboxylic acids is 1. The SMILES string of the molecule is Cc1ccc(NC(=O)Cn2c(C)cc(-c3nnc(-c4ccccc4)o3)c2C)c(F)c1. The van der Waals surface area contributed by atoms with Crippen LogP contribution in [0.1, 0.15) is 17.0 Å². The summed E-state index contributed by atoms with van der Waals surface area (Å²) >= 11 is 0. The Morgan fingerprint density at radius 2 is 1.77 bits per heavy atom. The maximum Gasteiger partial charge on any atom is 0.249 e. The van der Waals surface area contributed by atoms with Crippen molar-refractivity contribution in [2.75, 3.05) is 5.32 Å². The molecule has 4 aromatic rings. The molecule has 0 atom stereocenters. The third-order valence-corrected chi connectivity index (χ3v) is 4.95. The van der Waals surface area contributed by atoms with Crippen LogP contribution in [-0.2, 0) is 11.3 Å². The summed E-state index contributed by atoms with van der Waals surface area (Å²) in [5, 5.41) is 10.9. The van der Waals surface area contributed by atoms with E-state index < -0.39 is 5.82 Å². The largest absolute Gasteiger partial charge is 0.416 e. The van der Waals surface area contributed by atoms with E-state index in [2.05, 4.69) is 15.5 Å². The number of halogens is 1. The number of nitrogens with zero attached hydrogens (tertiary/aromatic N) is 3. The highest BCUT2D eigenvalue weighted by molar-refractivity contribution is 5.91. The average molecular weight is 404 g/mol. The van der Waals surface area contributed by atoms with Crippen LogP contribution in [0.25, 0.3) is 22.9 Å². The Morgan fingerprint density at radius 1 is 1.03 bits per heavy atom. The molecule has 2 heterocycles. The van der Waals surface area contributed by atoms with Crippen LogP contribution in [0.4, 0.5) is 10.1 Å². The van der Waals surface area contributed by atoms with Crippen molar-refractivity contribution < 1.29 is 13.6 Å². The summed E-state index contributed by atoms with van der Waals surface area (Å²) in [6.45, 7) is 5.62. The number of hydrogen-bond donors (Lipinski definition) is 1. The van der Waals surface area contributed by atoms with Gasteiger partial charge in [0.05, 0.1) is 11.3 Å². The van der Waals surface area contributed by atoms with Gasteiger partial charge >= 0.3 is 0 Å². The minimum absolute atomic E-state index is 0.0463. The van der Waals surface area contributed by atoms with Gasteiger partial charge in [-0.25, -0.2) is 4.39 Å². The van der Waals surface area contributed by atoms with Crippen molar-refractivity contribution >= 4 is 11.6 Å². The number of nitrogens with one attached hydrogen (secondary N) is 1. The van der Waals surface area contributed by atoms with E-state index in [1.165, 1.54) is 6.07 Å². The van der Waals surface area contributed by atoms with Gasteiger partial charge < -0.3 is 14.3 Å². The average Bonchev–Trinajstić information content (AvgIpc) is 3.31. The van der Waals surface area contributed by atoms with Crippen LogP contribution in [-0.4, -0.2) is 20.7 Å². The van der Waals surface area contributed by atoms with Gasteiger partial charge in [0.25, 0.3) is 0 Å². The molecule has 0 aliphatic carbocycles. The van der Waals surface area contributed by atoms with Crippen LogP contribution in [0.5, 0.6) is 0 Å². The molecule has 0 aliphatic rings. The van der Waals surface area contributed by atoms with Gasteiger partial charge in [-0.15, -0.1) is 10.2 Å². The van der Waals surface area contributed by atoms with Crippen molar-refractivity contribution in [3.63, 3.8) is 0 Å². The number of carbonyl (C=O) groups is 1. The zero-order valence-corrected chi connectivity index (χ0v) is 16.9. The summed E-state index contributed by atoms with van der Waals surface area (Å²) in [6.07, 6.45) is 0. The molecule has 6 nitrogen and oxygen atoms in total. The molecular formula is C23H21FN4O2. The molecule has 0 spiro atoms. The molecule has 152 valence electrons. The predicted octanol–water partition coefficient (Wildman–Crippen LogP) is 4.91. The van der Waals surface area contributed by atoms with E-state index in [9.17, 15) is 9.18 Å². The van der Waals surface area contributed by atoms with Gasteiger partial charge in [-0.2, -0.15) is 0 Å². The Labute approximate surface area is 173 Å². The first-order chi connectivity index (χ1) is 14.4. The molecule has 2 aromatic carbocycles. The molecular weight excluding hydrogens is 383 g/mol. The lowest BCUT2D eigenvalue weighted by atomic mass is 10.2. The monoisotopic (exact) mass is 404 g/mol. The second-order valence-electron chi connectivity index (χ2n) is 7.18. The number of rotatable bonds is 5. The van der Waals surface area contributed by atoms with Crippen molar-refractivity contribution in [2.24, 2.45) is 0 Å². The van der Waals surface area contributed by atoms with Crippen molar-refractivity contribution in [1.29, 1.82) is 0 Å². The first-order valence-corrected chi connectivity index (χ1v) is 9.54. The molecule has 0 unspecified atom stereocenters. The van der Waals surface area contributed by atoms with Gasteiger partial charge in [-0.3, -0.25) is 4.79 Å². The zero-order valence-electron chi connectivity index (χ0n) is 16.9. The number of benzene rings is 2. The van der Waals surface area contributed by atoms with Crippen molar-refractivity contribution in [1.82, 2.24) is 14.8 Å². The van der Waals surface area contributed by atoms with Crippen molar-refractivity contribution in [3.05, 3.63) is 77.4 Å². The van der Waals surface area contributed by atoms with E-state index in [-0.39, 0.29) is 18.1 Å². The predicted molar refractivity (Wildman–Crippen MR) is 112 cm³/mol. The van der Waals surface area contributed by atoms with Crippen molar-refractivity contribution in [2.45, 2.75) is 27.3 Å². The summed E-state index contributed by atoms with van der Waals surface area (Å²) in [7, 11) is 0. The Balaban J connectivity index is 1.55. The Kier molecular flexibility index (Phi) is 5.18. The van der Waals surface area contributed by atoms with E-state index in [0.717, 1.165) is 28.1 Å². The Hall–Kier alpha value is -3.74. The summed E-state index contributed by atoms with van der Waals surface area (Å²) in [5.41, 5.74) is 4.23. The van der Waals surface area contributed by atoms with Crippen LogP contribution in [0.15, 0.2) is 59.0 Å². The molecule has 0 fully saturated rings. The topological polar surface area (TPSA) is 73.0 Å². The summed E-state index contributed by atoms with van der Waals surface area (Å²) < 4.78 is 21.7. The number of aromatic nitrogens is 3. The number of anilines is 1. The van der Waals surface area contributed by atoms with Crippen LogP contribution < -0.4 is 5.32 Å². The highest BCUT2D eigenvalue weighted by atomic mass is 19.1. The quantitative estimate of drug-likeness (QED) is 0.513. The molecule has 0 saturated carbocycles. The maximum atomic E-state index is 14.0. The fourth-order valence-electron chi connectivity index (χ4n) is 3.35. The summed E-state index contributed by atoms with van der Waals surface area (Å²) in [4.78, 5) is 12.5. The summed E-state index contributed by atoms with van der Waals surface area (Å²) in [5.74, 6) is 0.0482. The minimum atomic E-state index is -0.454. The minimum Gasteiger partial charge on any atom is -0.416 e. The van der Waals surface area contributed by atoms with Crippen LogP contribution in [0.3, 0.4) is 0 Å². The molecule has 2 aromatic heterocycles. The van der Waals surface area contributed by atoms with Crippen LogP contribution in [0.2, 0.25) is 0 Å². The van der Waals surface area contributed by atoms with Gasteiger partial charge in [-0.1, -0.05) is 24.3 Å². The Morgan fingerprint density at radius 3 is 2.50 bits per heavy atom. The lowest BCUT2D eigenvalue weighted by Gasteiger charge is -2.11. The molecule has 1 amide bonds. The number of hydrogen-bond acceptors (Lipinski definition) is 4. The fourth-order valence-corrected chi connectivity index (χ4v) is 3.35. The smallest absolute Gasteiger partial charge is 0.249 e. The third kappa shape index (κ3) is 3.87. The van der Waals surface area contributed by atoms with E-state index in [1.807, 2.05) is 54.8 Å². The van der Waals surface area contributed by atoms with Gasteiger partial charge in [0.1, 0.15) is 12.4 Å². The molecule has 0 radical (unpaired) electrons. The maximum absolute atomic E-state index is 14.0. The molecule has 7 heteroatoms. The van der Waals surface area contributed by atoms with E-state index in [1.54, 1.807) is 19.1 Å². The molecule has 0 aliphatic heterocycles. The van der Waals surface area contributed by atoms with E-state index >= 15 is 0 Å². The van der Waals surface area contributed by atoms with Gasteiger partial charge in [0.2, 0.25) is 17.7 Å². The lowest BCUT2D eigenvalue weighted by molar-refractivity contribution is -0.116. The molecule has 0 bridgehead atoms. The number of amides is 1. The molecule has 1 N–H and O–H groups in total. The van der Waals surface area contributed by atoms with Gasteiger partial charge in [0.15, 0.2) is 0 Å². The summed E-state index contributed by atoms with van der Waals surface area (Å²) in [6, 6.07) is 16.1. The van der Waals surface area contributed by atoms with Gasteiger partial charge in [0, 0.05) is 17.0 Å². The molecule has 4 rings (SSSR count). The first-order valence-electron chi connectivity index (χ1n) is 9.54. The highest BCUT2D eigenvalue weighted by Crippen LogP contribution is 2.28. The second kappa shape index (κ2) is 7.94. The van der Waals surface area contributed by atoms with Crippen LogP contribution in [0, 0.1) is 26.6 Å². The second-order valence-corrected chi connectivity index (χ2v) is 7.18. The number of aryl methyl sites for hydroxylation is 2. The Bertz CT molecular complexity index is 1210. The van der Waals surface area contributed by atoms with E-state index in [4.69, 9.17) is 4.42 Å². The molecule has 0 saturated heterocycles. The zero-order chi connectivity index (χ0) is 21.3. The lowest BCUT2D eigenvalue weighted by Crippen LogP contribution is -2.20. The first kappa shape index (κ1) is 19.6. The van der Waals surface area contributed by atoms with Crippen molar-refractivity contribution in [3.8, 4) is 22.9 Å². The highest BCUT2D eigenvalue weighted by Gasteiger charge is 2.19. The van der Waals surface area contributed by atoms with Gasteiger partial charge in [-0.05, 0) is 56.7 Å². The standard InChI is InChI=1S/C23H21FN4O2/c1-14-9-10-20(19(24)11-14)25-21(29)13-28-15(2)12-18(16(28)3)23-27-26-22(30-23)17-7-5-4-6-8-17/h4-12H,13H2,1-3H3,(H,25,29).